The van der Waals surface area contributed by atoms with E-state index < -0.39 is 17.1 Å². The standard InChI is InChI=1S/C25H15FN4O3/c1-33-23-10-19(16(11-27)8-20(23)26)14-6-7-18-21(9-14)29-25(32)30(24(18)31)22-13-28-12-15-4-2-3-5-17(15)22/h2-10,12-13H,1H3,(H,29,32). The zero-order valence-corrected chi connectivity index (χ0v) is 17.3. The highest BCUT2D eigenvalue weighted by Crippen LogP contribution is 2.31. The van der Waals surface area contributed by atoms with Gasteiger partial charge in [0.25, 0.3) is 5.56 Å². The van der Waals surface area contributed by atoms with Gasteiger partial charge in [0, 0.05) is 22.5 Å². The van der Waals surface area contributed by atoms with Crippen molar-refractivity contribution in [2.75, 3.05) is 7.11 Å². The van der Waals surface area contributed by atoms with Gasteiger partial charge in [-0.05, 0) is 29.8 Å². The molecule has 160 valence electrons. The van der Waals surface area contributed by atoms with E-state index in [1.807, 2.05) is 30.3 Å². The van der Waals surface area contributed by atoms with Gasteiger partial charge < -0.3 is 9.72 Å². The minimum Gasteiger partial charge on any atom is -0.494 e. The summed E-state index contributed by atoms with van der Waals surface area (Å²) in [5, 5.41) is 11.2. The number of aromatic nitrogens is 3. The molecule has 0 radical (unpaired) electrons. The summed E-state index contributed by atoms with van der Waals surface area (Å²) in [6, 6.07) is 16.6. The molecule has 0 aliphatic heterocycles. The molecule has 8 heteroatoms. The molecule has 2 heterocycles. The van der Waals surface area contributed by atoms with Gasteiger partial charge in [-0.15, -0.1) is 0 Å². The summed E-state index contributed by atoms with van der Waals surface area (Å²) >= 11 is 0. The zero-order valence-electron chi connectivity index (χ0n) is 17.3. The van der Waals surface area contributed by atoms with Crippen LogP contribution < -0.4 is 16.0 Å². The maximum absolute atomic E-state index is 14.0. The number of pyridine rings is 1. The van der Waals surface area contributed by atoms with E-state index in [0.29, 0.717) is 27.7 Å². The summed E-state index contributed by atoms with van der Waals surface area (Å²) in [5.41, 5.74) is 0.582. The highest BCUT2D eigenvalue weighted by molar-refractivity contribution is 5.90. The number of nitriles is 1. The fourth-order valence-corrected chi connectivity index (χ4v) is 3.92. The highest BCUT2D eigenvalue weighted by Gasteiger charge is 2.16. The number of hydrogen-bond acceptors (Lipinski definition) is 5. The van der Waals surface area contributed by atoms with Crippen molar-refractivity contribution in [3.63, 3.8) is 0 Å². The minimum absolute atomic E-state index is 0.0172. The third kappa shape index (κ3) is 3.23. The Morgan fingerprint density at radius 2 is 1.88 bits per heavy atom. The van der Waals surface area contributed by atoms with Crippen molar-refractivity contribution < 1.29 is 9.13 Å². The molecule has 0 aliphatic carbocycles. The lowest BCUT2D eigenvalue weighted by Crippen LogP contribution is -2.33. The number of aromatic amines is 1. The van der Waals surface area contributed by atoms with E-state index in [2.05, 4.69) is 9.97 Å². The normalized spacial score (nSPS) is 10.9. The number of H-pyrrole nitrogens is 1. The van der Waals surface area contributed by atoms with Gasteiger partial charge in [-0.25, -0.2) is 13.8 Å². The van der Waals surface area contributed by atoms with Crippen molar-refractivity contribution in [2.45, 2.75) is 0 Å². The van der Waals surface area contributed by atoms with E-state index >= 15 is 0 Å². The van der Waals surface area contributed by atoms with E-state index in [1.54, 1.807) is 24.4 Å². The number of ether oxygens (including phenoxy) is 1. The zero-order chi connectivity index (χ0) is 23.1. The molecule has 3 aromatic carbocycles. The fraction of sp³-hybridized carbons (Fsp3) is 0.0400. The Hall–Kier alpha value is -4.77. The Morgan fingerprint density at radius 3 is 2.67 bits per heavy atom. The minimum atomic E-state index is -0.654. The van der Waals surface area contributed by atoms with Crippen LogP contribution in [-0.2, 0) is 0 Å². The van der Waals surface area contributed by atoms with Crippen LogP contribution in [0.5, 0.6) is 5.75 Å². The van der Waals surface area contributed by atoms with Crippen LogP contribution in [0.4, 0.5) is 4.39 Å². The first-order valence-corrected chi connectivity index (χ1v) is 9.92. The maximum atomic E-state index is 14.0. The molecule has 0 bridgehead atoms. The topological polar surface area (TPSA) is 101 Å². The SMILES string of the molecule is COc1cc(-c2ccc3c(=O)n(-c4cncc5ccccc45)c(=O)[nH]c3c2)c(C#N)cc1F. The van der Waals surface area contributed by atoms with Crippen LogP contribution in [0.3, 0.4) is 0 Å². The first kappa shape index (κ1) is 20.2. The van der Waals surface area contributed by atoms with Crippen LogP contribution in [0.1, 0.15) is 5.56 Å². The number of methoxy groups -OCH3 is 1. The lowest BCUT2D eigenvalue weighted by Gasteiger charge is -2.11. The molecule has 0 atom stereocenters. The number of halogens is 1. The monoisotopic (exact) mass is 438 g/mol. The molecule has 0 saturated heterocycles. The molecule has 0 unspecified atom stereocenters. The Bertz CT molecular complexity index is 1730. The van der Waals surface area contributed by atoms with E-state index in [1.165, 1.54) is 19.4 Å². The summed E-state index contributed by atoms with van der Waals surface area (Å²) in [4.78, 5) is 33.2. The molecule has 0 spiro atoms. The first-order chi connectivity index (χ1) is 16.0. The van der Waals surface area contributed by atoms with Gasteiger partial charge in [0.1, 0.15) is 0 Å². The van der Waals surface area contributed by atoms with Gasteiger partial charge in [-0.3, -0.25) is 9.78 Å². The second-order valence-corrected chi connectivity index (χ2v) is 7.35. The first-order valence-electron chi connectivity index (χ1n) is 9.92. The van der Waals surface area contributed by atoms with Crippen LogP contribution in [0, 0.1) is 17.1 Å². The van der Waals surface area contributed by atoms with Crippen molar-refractivity contribution in [1.82, 2.24) is 14.5 Å². The van der Waals surface area contributed by atoms with Gasteiger partial charge in [0.15, 0.2) is 11.6 Å². The molecule has 0 fully saturated rings. The predicted octanol–water partition coefficient (Wildman–Crippen LogP) is 3.91. The molecule has 1 N–H and O–H groups in total. The smallest absolute Gasteiger partial charge is 0.333 e. The third-order valence-electron chi connectivity index (χ3n) is 5.51. The van der Waals surface area contributed by atoms with Crippen molar-refractivity contribution >= 4 is 21.7 Å². The molecule has 33 heavy (non-hydrogen) atoms. The van der Waals surface area contributed by atoms with Gasteiger partial charge in [-0.2, -0.15) is 5.26 Å². The molecule has 5 aromatic rings. The largest absolute Gasteiger partial charge is 0.494 e. The van der Waals surface area contributed by atoms with Crippen molar-refractivity contribution in [3.05, 3.63) is 99.2 Å². The number of rotatable bonds is 3. The lowest BCUT2D eigenvalue weighted by molar-refractivity contribution is 0.386. The number of nitrogens with zero attached hydrogens (tertiary/aromatic N) is 3. The van der Waals surface area contributed by atoms with Gasteiger partial charge in [-0.1, -0.05) is 30.3 Å². The molecular formula is C25H15FN4O3. The Labute approximate surface area is 186 Å². The number of nitrogens with one attached hydrogen (secondary N) is 1. The molecule has 5 rings (SSSR count). The van der Waals surface area contributed by atoms with Crippen molar-refractivity contribution in [3.8, 4) is 28.6 Å². The second-order valence-electron chi connectivity index (χ2n) is 7.35. The summed E-state index contributed by atoms with van der Waals surface area (Å²) in [5.74, 6) is -0.671. The third-order valence-corrected chi connectivity index (χ3v) is 5.51. The summed E-state index contributed by atoms with van der Waals surface area (Å²) < 4.78 is 20.1. The quantitative estimate of drug-likeness (QED) is 0.460. The van der Waals surface area contributed by atoms with Crippen LogP contribution in [0.25, 0.3) is 38.5 Å². The lowest BCUT2D eigenvalue weighted by atomic mass is 9.98. The average molecular weight is 438 g/mol. The van der Waals surface area contributed by atoms with Crippen molar-refractivity contribution in [2.24, 2.45) is 0 Å². The molecule has 0 saturated carbocycles. The van der Waals surface area contributed by atoms with Crippen LogP contribution >= 0.6 is 0 Å². The van der Waals surface area contributed by atoms with E-state index in [0.717, 1.165) is 16.0 Å². The highest BCUT2D eigenvalue weighted by atomic mass is 19.1. The molecule has 0 amide bonds. The van der Waals surface area contributed by atoms with E-state index in [4.69, 9.17) is 4.74 Å². The van der Waals surface area contributed by atoms with Crippen LogP contribution in [0.2, 0.25) is 0 Å². The number of fused-ring (bicyclic) bond motifs is 2. The molecule has 2 aromatic heterocycles. The van der Waals surface area contributed by atoms with E-state index in [9.17, 15) is 19.2 Å². The van der Waals surface area contributed by atoms with Gasteiger partial charge in [0.05, 0.1) is 41.5 Å². The summed E-state index contributed by atoms with van der Waals surface area (Å²) in [6.45, 7) is 0. The molecule has 0 aliphatic rings. The van der Waals surface area contributed by atoms with Crippen LogP contribution in [0.15, 0.2) is 76.6 Å². The Kier molecular flexibility index (Phi) is 4.72. The summed E-state index contributed by atoms with van der Waals surface area (Å²) in [6.07, 6.45) is 3.14. The average Bonchev–Trinajstić information content (AvgIpc) is 2.83. The number of hydrogen-bond donors (Lipinski definition) is 1. The van der Waals surface area contributed by atoms with E-state index in [-0.39, 0.29) is 16.7 Å². The summed E-state index contributed by atoms with van der Waals surface area (Å²) in [7, 11) is 1.33. The second kappa shape index (κ2) is 7.73. The predicted molar refractivity (Wildman–Crippen MR) is 122 cm³/mol. The number of benzene rings is 3. The maximum Gasteiger partial charge on any atom is 0.333 e. The van der Waals surface area contributed by atoms with Gasteiger partial charge >= 0.3 is 5.69 Å². The fourth-order valence-electron chi connectivity index (χ4n) is 3.92. The van der Waals surface area contributed by atoms with Crippen LogP contribution in [-0.4, -0.2) is 21.6 Å². The van der Waals surface area contributed by atoms with Crippen molar-refractivity contribution in [1.29, 1.82) is 5.26 Å². The Morgan fingerprint density at radius 1 is 1.06 bits per heavy atom. The molecule has 7 nitrogen and oxygen atoms in total. The van der Waals surface area contributed by atoms with Gasteiger partial charge in [0.2, 0.25) is 0 Å². The molecular weight excluding hydrogens is 423 g/mol. The Balaban J connectivity index is 1.74.